The van der Waals surface area contributed by atoms with Crippen molar-refractivity contribution in [1.82, 2.24) is 0 Å². The van der Waals surface area contributed by atoms with Crippen LogP contribution in [-0.2, 0) is 0 Å². The molecule has 0 aliphatic carbocycles. The van der Waals surface area contributed by atoms with Gasteiger partial charge in [-0.1, -0.05) is 0 Å². The van der Waals surface area contributed by atoms with Crippen LogP contribution in [0, 0.1) is 0 Å². The third-order valence-electron chi connectivity index (χ3n) is 0. The van der Waals surface area contributed by atoms with E-state index < -0.39 is 0 Å². The van der Waals surface area contributed by atoms with Gasteiger partial charge in [0.1, 0.15) is 0 Å². The first-order chi connectivity index (χ1) is 0. The van der Waals surface area contributed by atoms with Crippen LogP contribution in [0.1, 0.15) is 0 Å². The van der Waals surface area contributed by atoms with E-state index in [0.717, 1.165) is 0 Å². The molecule has 0 aromatic rings. The summed E-state index contributed by atoms with van der Waals surface area (Å²) >= 11 is 0. The van der Waals surface area contributed by atoms with Crippen molar-refractivity contribution in [2.75, 3.05) is 0 Å². The van der Waals surface area contributed by atoms with E-state index in [-0.39, 0.29) is 63.3 Å². The molecule has 0 aliphatic rings. The largest absolute Gasteiger partial charge is 0.870 e. The summed E-state index contributed by atoms with van der Waals surface area (Å²) in [6, 6.07) is 0. The first kappa shape index (κ1) is 94.2. The minimum atomic E-state index is 0. The van der Waals surface area contributed by atoms with Crippen LogP contribution in [0.5, 0.6) is 0 Å². The molecule has 0 aromatic carbocycles. The SMILES string of the molecule is [Al+3].[NaH].[OH-].[OH-].[OH-]. The Bertz CT molecular complexity index is 6.85. The summed E-state index contributed by atoms with van der Waals surface area (Å²) in [4.78, 5) is 0. The van der Waals surface area contributed by atoms with E-state index >= 15 is 0 Å². The maximum absolute atomic E-state index is 0. The van der Waals surface area contributed by atoms with E-state index in [1.54, 1.807) is 0 Å². The van der Waals surface area contributed by atoms with Gasteiger partial charge in [-0.15, -0.1) is 0 Å². The molecular formula is H4AlNaO3. The normalized spacial score (nSPS) is 0. The van der Waals surface area contributed by atoms with Gasteiger partial charge in [0.05, 0.1) is 0 Å². The van der Waals surface area contributed by atoms with Gasteiger partial charge in [0.25, 0.3) is 0 Å². The molecule has 0 aromatic heterocycles. The van der Waals surface area contributed by atoms with E-state index in [0.29, 0.717) is 0 Å². The predicted molar refractivity (Wildman–Crippen MR) is 18.7 cm³/mol. The van der Waals surface area contributed by atoms with Gasteiger partial charge in [-0.25, -0.2) is 0 Å². The number of rotatable bonds is 0. The van der Waals surface area contributed by atoms with Crippen LogP contribution >= 0.6 is 0 Å². The van der Waals surface area contributed by atoms with Crippen molar-refractivity contribution < 1.29 is 16.4 Å². The molecular weight excluding hydrogens is 98.0 g/mol. The first-order valence-electron chi connectivity index (χ1n) is 0. The molecule has 5 heavy (non-hydrogen) atoms. The zero-order valence-electron chi connectivity index (χ0n) is 1.92. The molecule has 0 radical (unpaired) electrons. The fraction of sp³-hybridized carbons (Fsp3) is 0. The van der Waals surface area contributed by atoms with Crippen molar-refractivity contribution in [2.45, 2.75) is 0 Å². The van der Waals surface area contributed by atoms with Gasteiger partial charge in [0, 0.05) is 0 Å². The van der Waals surface area contributed by atoms with Crippen molar-refractivity contribution in [3.05, 3.63) is 0 Å². The average Bonchev–Trinajstić information content (AvgIpc) is 0. The second-order valence-electron chi connectivity index (χ2n) is 0. The quantitative estimate of drug-likeness (QED) is 0.346. The molecule has 26 valence electrons. The maximum Gasteiger partial charge on any atom is -0.870 e. The van der Waals surface area contributed by atoms with Gasteiger partial charge in [-0.3, -0.25) is 0 Å². The number of hydrogen-bond donors (Lipinski definition) is 0. The molecule has 3 N–H and O–H groups in total. The summed E-state index contributed by atoms with van der Waals surface area (Å²) in [5.74, 6) is 0. The maximum atomic E-state index is 0. The smallest absolute Gasteiger partial charge is 0.870 e. The van der Waals surface area contributed by atoms with Crippen molar-refractivity contribution >= 4 is 46.9 Å². The molecule has 3 nitrogen and oxygen atoms in total. The Kier molecular flexibility index (Phi) is 995. The topological polar surface area (TPSA) is 90.0 Å². The minimum Gasteiger partial charge on any atom is -0.870 e. The summed E-state index contributed by atoms with van der Waals surface area (Å²) in [6.07, 6.45) is 0. The Morgan fingerprint density at radius 2 is 0.600 bits per heavy atom. The van der Waals surface area contributed by atoms with Crippen LogP contribution in [0.4, 0.5) is 0 Å². The van der Waals surface area contributed by atoms with Crippen molar-refractivity contribution in [2.24, 2.45) is 0 Å². The third kappa shape index (κ3) is 31.6. The summed E-state index contributed by atoms with van der Waals surface area (Å²) < 4.78 is 0. The molecule has 0 spiro atoms. The molecule has 0 rings (SSSR count). The van der Waals surface area contributed by atoms with Gasteiger partial charge < -0.3 is 16.4 Å². The van der Waals surface area contributed by atoms with Gasteiger partial charge in [-0.05, 0) is 0 Å². The van der Waals surface area contributed by atoms with Gasteiger partial charge in [0.2, 0.25) is 0 Å². The summed E-state index contributed by atoms with van der Waals surface area (Å²) in [7, 11) is 0. The van der Waals surface area contributed by atoms with E-state index in [1.165, 1.54) is 0 Å². The molecule has 0 atom stereocenters. The van der Waals surface area contributed by atoms with Crippen LogP contribution < -0.4 is 0 Å². The van der Waals surface area contributed by atoms with Gasteiger partial charge in [0.15, 0.2) is 0 Å². The Morgan fingerprint density at radius 1 is 0.600 bits per heavy atom. The van der Waals surface area contributed by atoms with Crippen molar-refractivity contribution in [3.63, 3.8) is 0 Å². The van der Waals surface area contributed by atoms with Crippen LogP contribution in [0.3, 0.4) is 0 Å². The Labute approximate surface area is 63.1 Å². The average molecular weight is 102 g/mol. The monoisotopic (exact) mass is 102 g/mol. The fourth-order valence-corrected chi connectivity index (χ4v) is 0. The molecule has 0 heterocycles. The van der Waals surface area contributed by atoms with Crippen LogP contribution in [0.15, 0.2) is 0 Å². The van der Waals surface area contributed by atoms with Crippen molar-refractivity contribution in [1.29, 1.82) is 0 Å². The predicted octanol–water partition coefficient (Wildman–Crippen LogP) is -1.56. The summed E-state index contributed by atoms with van der Waals surface area (Å²) in [6.45, 7) is 0. The zero-order valence-corrected chi connectivity index (χ0v) is 3.07. The third-order valence-corrected chi connectivity index (χ3v) is 0. The second-order valence-corrected chi connectivity index (χ2v) is 0. The standard InChI is InChI=1S/Al.Na.3H2O.H/h;;3*1H2;/q+3;;;;;/p-3. The zero-order chi connectivity index (χ0) is 0. The van der Waals surface area contributed by atoms with Crippen LogP contribution in [-0.4, -0.2) is 63.3 Å². The van der Waals surface area contributed by atoms with Gasteiger partial charge >= 0.3 is 46.9 Å². The van der Waals surface area contributed by atoms with E-state index in [9.17, 15) is 0 Å². The van der Waals surface area contributed by atoms with E-state index in [4.69, 9.17) is 0 Å². The molecule has 0 amide bonds. The molecule has 0 bridgehead atoms. The Morgan fingerprint density at radius 3 is 0.600 bits per heavy atom. The first-order valence-corrected chi connectivity index (χ1v) is 0. The molecule has 0 aliphatic heterocycles. The van der Waals surface area contributed by atoms with Gasteiger partial charge in [-0.2, -0.15) is 0 Å². The number of hydrogen-bond acceptors (Lipinski definition) is 3. The van der Waals surface area contributed by atoms with E-state index in [1.807, 2.05) is 0 Å². The summed E-state index contributed by atoms with van der Waals surface area (Å²) in [5.41, 5.74) is 0. The van der Waals surface area contributed by atoms with Crippen molar-refractivity contribution in [3.8, 4) is 0 Å². The molecule has 0 saturated heterocycles. The molecule has 0 fully saturated rings. The Hall–Kier alpha value is 1.41. The summed E-state index contributed by atoms with van der Waals surface area (Å²) in [5, 5.41) is 0. The second kappa shape index (κ2) is 52.8. The van der Waals surface area contributed by atoms with Crippen LogP contribution in [0.2, 0.25) is 0 Å². The Balaban J connectivity index is 0. The van der Waals surface area contributed by atoms with E-state index in [2.05, 4.69) is 0 Å². The molecule has 0 unspecified atom stereocenters. The van der Waals surface area contributed by atoms with Crippen LogP contribution in [0.25, 0.3) is 0 Å². The molecule has 5 heteroatoms. The molecule has 0 saturated carbocycles. The minimum absolute atomic E-state index is 0. The fourth-order valence-electron chi connectivity index (χ4n) is 0.